The van der Waals surface area contributed by atoms with E-state index in [1.807, 2.05) is 23.1 Å². The zero-order chi connectivity index (χ0) is 14.8. The number of amides is 1. The topological polar surface area (TPSA) is 32.8 Å². The van der Waals surface area contributed by atoms with Crippen molar-refractivity contribution in [1.29, 1.82) is 0 Å². The molecule has 21 heavy (non-hydrogen) atoms. The SMILES string of the molecule is COc1ccc(C(=O)N2CCN(CC3CC3)CC2)cc1Br. The molecule has 0 bridgehead atoms. The van der Waals surface area contributed by atoms with Crippen molar-refractivity contribution in [2.75, 3.05) is 39.8 Å². The first-order valence-corrected chi connectivity index (χ1v) is 8.32. The summed E-state index contributed by atoms with van der Waals surface area (Å²) in [5.41, 5.74) is 0.721. The van der Waals surface area contributed by atoms with Gasteiger partial charge < -0.3 is 9.64 Å². The second kappa shape index (κ2) is 6.36. The van der Waals surface area contributed by atoms with Crippen molar-refractivity contribution < 1.29 is 9.53 Å². The lowest BCUT2D eigenvalue weighted by atomic mass is 10.1. The Morgan fingerprint density at radius 1 is 1.29 bits per heavy atom. The van der Waals surface area contributed by atoms with Crippen LogP contribution in [0, 0.1) is 5.92 Å². The Labute approximate surface area is 134 Å². The van der Waals surface area contributed by atoms with Crippen LogP contribution in [0.25, 0.3) is 0 Å². The lowest BCUT2D eigenvalue weighted by Gasteiger charge is -2.34. The Balaban J connectivity index is 1.59. The first kappa shape index (κ1) is 14.9. The molecule has 0 atom stereocenters. The summed E-state index contributed by atoms with van der Waals surface area (Å²) >= 11 is 3.44. The summed E-state index contributed by atoms with van der Waals surface area (Å²) in [5.74, 6) is 1.79. The quantitative estimate of drug-likeness (QED) is 0.834. The molecule has 1 aromatic carbocycles. The molecular weight excluding hydrogens is 332 g/mol. The number of piperazine rings is 1. The molecule has 1 amide bonds. The second-order valence-corrected chi connectivity index (χ2v) is 6.74. The Morgan fingerprint density at radius 3 is 2.57 bits per heavy atom. The zero-order valence-electron chi connectivity index (χ0n) is 12.3. The number of carbonyl (C=O) groups is 1. The van der Waals surface area contributed by atoms with Gasteiger partial charge in [-0.2, -0.15) is 0 Å². The molecule has 5 heteroatoms. The van der Waals surface area contributed by atoms with E-state index in [4.69, 9.17) is 4.74 Å². The number of carbonyl (C=O) groups excluding carboxylic acids is 1. The van der Waals surface area contributed by atoms with Crippen LogP contribution in [-0.2, 0) is 0 Å². The normalized spacial score (nSPS) is 19.6. The largest absolute Gasteiger partial charge is 0.496 e. The van der Waals surface area contributed by atoms with Crippen molar-refractivity contribution in [3.63, 3.8) is 0 Å². The number of methoxy groups -OCH3 is 1. The van der Waals surface area contributed by atoms with Gasteiger partial charge in [0.1, 0.15) is 5.75 Å². The van der Waals surface area contributed by atoms with E-state index in [2.05, 4.69) is 20.8 Å². The Morgan fingerprint density at radius 2 is 2.00 bits per heavy atom. The van der Waals surface area contributed by atoms with Crippen molar-refractivity contribution in [2.45, 2.75) is 12.8 Å². The number of benzene rings is 1. The van der Waals surface area contributed by atoms with E-state index in [9.17, 15) is 4.79 Å². The third kappa shape index (κ3) is 3.58. The number of rotatable bonds is 4. The van der Waals surface area contributed by atoms with Crippen LogP contribution >= 0.6 is 15.9 Å². The summed E-state index contributed by atoms with van der Waals surface area (Å²) in [7, 11) is 1.63. The third-order valence-electron chi connectivity index (χ3n) is 4.27. The Kier molecular flexibility index (Phi) is 4.50. The van der Waals surface area contributed by atoms with Crippen LogP contribution in [-0.4, -0.2) is 55.5 Å². The van der Waals surface area contributed by atoms with Crippen molar-refractivity contribution in [3.8, 4) is 5.75 Å². The lowest BCUT2D eigenvalue weighted by Crippen LogP contribution is -2.49. The maximum atomic E-state index is 12.5. The monoisotopic (exact) mass is 352 g/mol. The predicted octanol–water partition coefficient (Wildman–Crippen LogP) is 2.63. The van der Waals surface area contributed by atoms with E-state index in [0.717, 1.165) is 47.9 Å². The van der Waals surface area contributed by atoms with E-state index < -0.39 is 0 Å². The highest BCUT2D eigenvalue weighted by atomic mass is 79.9. The first-order chi connectivity index (χ1) is 10.2. The summed E-state index contributed by atoms with van der Waals surface area (Å²) in [6.07, 6.45) is 2.78. The molecule has 114 valence electrons. The molecule has 0 spiro atoms. The fraction of sp³-hybridized carbons (Fsp3) is 0.562. The summed E-state index contributed by atoms with van der Waals surface area (Å²) in [6.45, 7) is 4.87. The van der Waals surface area contributed by atoms with Gasteiger partial charge in [0.2, 0.25) is 0 Å². The molecule has 1 aromatic rings. The van der Waals surface area contributed by atoms with Crippen LogP contribution in [0.15, 0.2) is 22.7 Å². The minimum Gasteiger partial charge on any atom is -0.496 e. The minimum atomic E-state index is 0.115. The van der Waals surface area contributed by atoms with Crippen molar-refractivity contribution >= 4 is 21.8 Å². The fourth-order valence-corrected chi connectivity index (χ4v) is 3.32. The highest BCUT2D eigenvalue weighted by Crippen LogP contribution is 2.30. The third-order valence-corrected chi connectivity index (χ3v) is 4.89. The maximum absolute atomic E-state index is 12.5. The molecule has 1 saturated carbocycles. The highest BCUT2D eigenvalue weighted by Gasteiger charge is 2.28. The molecule has 2 aliphatic rings. The molecule has 0 radical (unpaired) electrons. The lowest BCUT2D eigenvalue weighted by molar-refractivity contribution is 0.0632. The molecule has 1 aliphatic heterocycles. The fourth-order valence-electron chi connectivity index (χ4n) is 2.78. The van der Waals surface area contributed by atoms with Gasteiger partial charge in [0.25, 0.3) is 5.91 Å². The molecule has 2 fully saturated rings. The molecule has 1 aliphatic carbocycles. The maximum Gasteiger partial charge on any atom is 0.253 e. The van der Waals surface area contributed by atoms with Crippen LogP contribution in [0.2, 0.25) is 0 Å². The second-order valence-electron chi connectivity index (χ2n) is 5.89. The van der Waals surface area contributed by atoms with Crippen LogP contribution in [0.3, 0.4) is 0 Å². The van der Waals surface area contributed by atoms with Gasteiger partial charge in [0, 0.05) is 38.3 Å². The van der Waals surface area contributed by atoms with Crippen LogP contribution in [0.4, 0.5) is 0 Å². The number of halogens is 1. The van der Waals surface area contributed by atoms with E-state index in [0.29, 0.717) is 0 Å². The average molecular weight is 353 g/mol. The van der Waals surface area contributed by atoms with E-state index in [1.165, 1.54) is 19.4 Å². The Bertz CT molecular complexity index is 523. The molecule has 0 unspecified atom stereocenters. The van der Waals surface area contributed by atoms with Gasteiger partial charge in [-0.25, -0.2) is 0 Å². The van der Waals surface area contributed by atoms with Crippen molar-refractivity contribution in [3.05, 3.63) is 28.2 Å². The number of ether oxygens (including phenoxy) is 1. The standard InChI is InChI=1S/C16H21BrN2O2/c1-21-15-5-4-13(10-14(15)17)16(20)19-8-6-18(7-9-19)11-12-2-3-12/h4-5,10,12H,2-3,6-9,11H2,1H3. The van der Waals surface area contributed by atoms with Crippen molar-refractivity contribution in [1.82, 2.24) is 9.80 Å². The average Bonchev–Trinajstić information content (AvgIpc) is 3.31. The predicted molar refractivity (Wildman–Crippen MR) is 85.8 cm³/mol. The van der Waals surface area contributed by atoms with Gasteiger partial charge in [-0.1, -0.05) is 0 Å². The molecule has 1 heterocycles. The van der Waals surface area contributed by atoms with Gasteiger partial charge in [0.05, 0.1) is 11.6 Å². The van der Waals surface area contributed by atoms with E-state index in [1.54, 1.807) is 7.11 Å². The first-order valence-electron chi connectivity index (χ1n) is 7.52. The number of hydrogen-bond acceptors (Lipinski definition) is 3. The molecule has 0 aromatic heterocycles. The molecule has 3 rings (SSSR count). The molecule has 4 nitrogen and oxygen atoms in total. The van der Waals surface area contributed by atoms with E-state index in [-0.39, 0.29) is 5.91 Å². The van der Waals surface area contributed by atoms with Crippen LogP contribution < -0.4 is 4.74 Å². The van der Waals surface area contributed by atoms with Crippen LogP contribution in [0.5, 0.6) is 5.75 Å². The summed E-state index contributed by atoms with van der Waals surface area (Å²) in [4.78, 5) is 17.0. The highest BCUT2D eigenvalue weighted by molar-refractivity contribution is 9.10. The summed E-state index contributed by atoms with van der Waals surface area (Å²) in [5, 5.41) is 0. The molecular formula is C16H21BrN2O2. The van der Waals surface area contributed by atoms with Crippen molar-refractivity contribution in [2.24, 2.45) is 5.92 Å². The van der Waals surface area contributed by atoms with Gasteiger partial charge in [-0.3, -0.25) is 9.69 Å². The number of nitrogens with zero attached hydrogens (tertiary/aromatic N) is 2. The minimum absolute atomic E-state index is 0.115. The summed E-state index contributed by atoms with van der Waals surface area (Å²) in [6, 6.07) is 5.51. The molecule has 0 N–H and O–H groups in total. The van der Waals surface area contributed by atoms with Crippen LogP contribution in [0.1, 0.15) is 23.2 Å². The van der Waals surface area contributed by atoms with Gasteiger partial charge in [-0.05, 0) is 52.9 Å². The van der Waals surface area contributed by atoms with Gasteiger partial charge >= 0.3 is 0 Å². The van der Waals surface area contributed by atoms with E-state index >= 15 is 0 Å². The number of hydrogen-bond donors (Lipinski definition) is 0. The molecule has 1 saturated heterocycles. The Hall–Kier alpha value is -1.07. The van der Waals surface area contributed by atoms with Gasteiger partial charge in [-0.15, -0.1) is 0 Å². The zero-order valence-corrected chi connectivity index (χ0v) is 13.9. The summed E-state index contributed by atoms with van der Waals surface area (Å²) < 4.78 is 6.03. The van der Waals surface area contributed by atoms with Gasteiger partial charge in [0.15, 0.2) is 0 Å². The smallest absolute Gasteiger partial charge is 0.253 e.